The highest BCUT2D eigenvalue weighted by Crippen LogP contribution is 2.15. The summed E-state index contributed by atoms with van der Waals surface area (Å²) in [4.78, 5) is 21.6. The molecule has 90 valence electrons. The second-order valence-corrected chi connectivity index (χ2v) is 3.47. The van der Waals surface area contributed by atoms with Gasteiger partial charge in [0.15, 0.2) is 0 Å². The average molecular weight is 234 g/mol. The van der Waals surface area contributed by atoms with E-state index in [1.54, 1.807) is 24.3 Å². The van der Waals surface area contributed by atoms with Crippen LogP contribution in [-0.4, -0.2) is 17.0 Å². The van der Waals surface area contributed by atoms with Gasteiger partial charge >= 0.3 is 11.9 Å². The molecule has 0 aliphatic rings. The van der Waals surface area contributed by atoms with Crippen LogP contribution in [0.3, 0.4) is 0 Å². The summed E-state index contributed by atoms with van der Waals surface area (Å²) in [6, 6.07) is 6.71. The molecule has 1 aromatic carbocycles. The summed E-state index contributed by atoms with van der Waals surface area (Å²) < 4.78 is 5.08. The van der Waals surface area contributed by atoms with E-state index in [4.69, 9.17) is 9.84 Å². The van der Waals surface area contributed by atoms with Crippen LogP contribution < -0.4 is 4.74 Å². The third kappa shape index (κ3) is 4.97. The Balaban J connectivity index is 2.72. The third-order valence-corrected chi connectivity index (χ3v) is 1.96. The topological polar surface area (TPSA) is 63.6 Å². The van der Waals surface area contributed by atoms with Crippen LogP contribution in [0.4, 0.5) is 0 Å². The zero-order valence-corrected chi connectivity index (χ0v) is 9.55. The van der Waals surface area contributed by atoms with Gasteiger partial charge in [-0.2, -0.15) is 0 Å². The number of hydrogen-bond donors (Lipinski definition) is 1. The first-order valence-electron chi connectivity index (χ1n) is 5.33. The van der Waals surface area contributed by atoms with E-state index in [1.165, 1.54) is 6.08 Å². The highest BCUT2D eigenvalue weighted by Gasteiger charge is 2.03. The molecular weight excluding hydrogens is 220 g/mol. The van der Waals surface area contributed by atoms with Crippen molar-refractivity contribution < 1.29 is 19.4 Å². The van der Waals surface area contributed by atoms with Gasteiger partial charge in [-0.3, -0.25) is 4.79 Å². The van der Waals surface area contributed by atoms with E-state index < -0.39 is 5.97 Å². The first-order chi connectivity index (χ1) is 8.11. The molecule has 0 saturated heterocycles. The molecule has 17 heavy (non-hydrogen) atoms. The van der Waals surface area contributed by atoms with Gasteiger partial charge in [0.1, 0.15) is 5.75 Å². The van der Waals surface area contributed by atoms with Crippen molar-refractivity contribution in [1.82, 2.24) is 0 Å². The van der Waals surface area contributed by atoms with Crippen LogP contribution >= 0.6 is 0 Å². The SMILES string of the molecule is CCCC(=O)Oc1cccc(C=CC(=O)O)c1. The fourth-order valence-electron chi connectivity index (χ4n) is 1.24. The minimum atomic E-state index is -1.02. The number of carboxylic acid groups (broad SMARTS) is 1. The van der Waals surface area contributed by atoms with E-state index in [0.717, 1.165) is 12.5 Å². The summed E-state index contributed by atoms with van der Waals surface area (Å²) in [6.07, 6.45) is 3.58. The first kappa shape index (κ1) is 13.0. The minimum absolute atomic E-state index is 0.285. The van der Waals surface area contributed by atoms with Crippen molar-refractivity contribution >= 4 is 18.0 Å². The molecule has 0 saturated carbocycles. The predicted molar refractivity (Wildman–Crippen MR) is 63.7 cm³/mol. The number of esters is 1. The zero-order valence-electron chi connectivity index (χ0n) is 9.55. The van der Waals surface area contributed by atoms with Crippen LogP contribution in [0.15, 0.2) is 30.3 Å². The summed E-state index contributed by atoms with van der Waals surface area (Å²) in [5.74, 6) is -0.874. The van der Waals surface area contributed by atoms with Crippen LogP contribution in [0.2, 0.25) is 0 Å². The van der Waals surface area contributed by atoms with Gasteiger partial charge in [0, 0.05) is 12.5 Å². The Bertz CT molecular complexity index is 435. The molecule has 1 N–H and O–H groups in total. The Kier molecular flexibility index (Phi) is 4.94. The largest absolute Gasteiger partial charge is 0.478 e. The second-order valence-electron chi connectivity index (χ2n) is 3.47. The molecule has 0 fully saturated rings. The van der Waals surface area contributed by atoms with Crippen molar-refractivity contribution in [3.63, 3.8) is 0 Å². The number of carboxylic acids is 1. The fourth-order valence-corrected chi connectivity index (χ4v) is 1.24. The van der Waals surface area contributed by atoms with Gasteiger partial charge in [-0.15, -0.1) is 0 Å². The molecule has 4 heteroatoms. The molecule has 0 amide bonds. The van der Waals surface area contributed by atoms with Crippen molar-refractivity contribution in [2.75, 3.05) is 0 Å². The number of carbonyl (C=O) groups is 2. The van der Waals surface area contributed by atoms with E-state index in [2.05, 4.69) is 0 Å². The lowest BCUT2D eigenvalue weighted by molar-refractivity contribution is -0.134. The summed E-state index contributed by atoms with van der Waals surface area (Å²) in [7, 11) is 0. The number of rotatable bonds is 5. The van der Waals surface area contributed by atoms with E-state index in [-0.39, 0.29) is 5.97 Å². The quantitative estimate of drug-likeness (QED) is 0.483. The average Bonchev–Trinajstić information content (AvgIpc) is 2.27. The van der Waals surface area contributed by atoms with Gasteiger partial charge < -0.3 is 9.84 Å². The number of carbonyl (C=O) groups excluding carboxylic acids is 1. The standard InChI is InChI=1S/C13H14O4/c1-2-4-13(16)17-11-6-3-5-10(9-11)7-8-12(14)15/h3,5-9H,2,4H2,1H3,(H,14,15). The Labute approximate surface area is 99.5 Å². The molecule has 0 unspecified atom stereocenters. The van der Waals surface area contributed by atoms with Crippen LogP contribution in [0.1, 0.15) is 25.3 Å². The van der Waals surface area contributed by atoms with Crippen molar-refractivity contribution in [1.29, 1.82) is 0 Å². The number of aliphatic carboxylic acids is 1. The van der Waals surface area contributed by atoms with Gasteiger partial charge in [0.05, 0.1) is 0 Å². The smallest absolute Gasteiger partial charge is 0.328 e. The van der Waals surface area contributed by atoms with E-state index in [0.29, 0.717) is 17.7 Å². The fraction of sp³-hybridized carbons (Fsp3) is 0.231. The lowest BCUT2D eigenvalue weighted by atomic mass is 10.2. The van der Waals surface area contributed by atoms with Gasteiger partial charge in [-0.25, -0.2) is 4.79 Å². The van der Waals surface area contributed by atoms with Crippen LogP contribution in [0, 0.1) is 0 Å². The van der Waals surface area contributed by atoms with Crippen LogP contribution in [0.25, 0.3) is 6.08 Å². The predicted octanol–water partition coefficient (Wildman–Crippen LogP) is 2.49. The van der Waals surface area contributed by atoms with Crippen molar-refractivity contribution in [2.45, 2.75) is 19.8 Å². The lowest BCUT2D eigenvalue weighted by Crippen LogP contribution is -2.06. The molecule has 1 rings (SSSR count). The van der Waals surface area contributed by atoms with Gasteiger partial charge in [0.2, 0.25) is 0 Å². The van der Waals surface area contributed by atoms with Gasteiger partial charge in [0.25, 0.3) is 0 Å². The van der Waals surface area contributed by atoms with E-state index in [1.807, 2.05) is 6.92 Å². The Morgan fingerprint density at radius 1 is 1.41 bits per heavy atom. The summed E-state index contributed by atoms with van der Waals surface area (Å²) in [5, 5.41) is 8.49. The molecule has 0 spiro atoms. The highest BCUT2D eigenvalue weighted by atomic mass is 16.5. The molecule has 0 radical (unpaired) electrons. The number of benzene rings is 1. The summed E-state index contributed by atoms with van der Waals surface area (Å²) in [6.45, 7) is 1.90. The zero-order chi connectivity index (χ0) is 12.7. The summed E-state index contributed by atoms with van der Waals surface area (Å²) in [5.41, 5.74) is 0.675. The molecule has 0 bridgehead atoms. The molecule has 0 aromatic heterocycles. The maximum absolute atomic E-state index is 11.3. The number of ether oxygens (including phenoxy) is 1. The first-order valence-corrected chi connectivity index (χ1v) is 5.33. The van der Waals surface area contributed by atoms with E-state index >= 15 is 0 Å². The maximum Gasteiger partial charge on any atom is 0.328 e. The second kappa shape index (κ2) is 6.48. The molecule has 0 aliphatic heterocycles. The number of hydrogen-bond acceptors (Lipinski definition) is 3. The molecule has 0 atom stereocenters. The molecular formula is C13H14O4. The molecule has 4 nitrogen and oxygen atoms in total. The normalized spacial score (nSPS) is 10.4. The van der Waals surface area contributed by atoms with Crippen LogP contribution in [-0.2, 0) is 9.59 Å². The maximum atomic E-state index is 11.3. The summed E-state index contributed by atoms with van der Waals surface area (Å²) >= 11 is 0. The Morgan fingerprint density at radius 2 is 2.18 bits per heavy atom. The lowest BCUT2D eigenvalue weighted by Gasteiger charge is -2.03. The van der Waals surface area contributed by atoms with Crippen molar-refractivity contribution in [3.8, 4) is 5.75 Å². The van der Waals surface area contributed by atoms with Crippen molar-refractivity contribution in [2.24, 2.45) is 0 Å². The molecule has 1 aromatic rings. The highest BCUT2D eigenvalue weighted by molar-refractivity contribution is 5.85. The molecule has 0 aliphatic carbocycles. The van der Waals surface area contributed by atoms with Crippen LogP contribution in [0.5, 0.6) is 5.75 Å². The van der Waals surface area contributed by atoms with E-state index in [9.17, 15) is 9.59 Å². The Morgan fingerprint density at radius 3 is 2.82 bits per heavy atom. The van der Waals surface area contributed by atoms with Gasteiger partial charge in [-0.05, 0) is 30.2 Å². The minimum Gasteiger partial charge on any atom is -0.478 e. The Hall–Kier alpha value is -2.10. The van der Waals surface area contributed by atoms with Crippen molar-refractivity contribution in [3.05, 3.63) is 35.9 Å². The monoisotopic (exact) mass is 234 g/mol. The van der Waals surface area contributed by atoms with Gasteiger partial charge in [-0.1, -0.05) is 19.1 Å². The third-order valence-electron chi connectivity index (χ3n) is 1.96. The molecule has 0 heterocycles.